The largest absolute Gasteiger partial charge is 0.478 e. The third kappa shape index (κ3) is 5.85. The minimum atomic E-state index is -0.896. The van der Waals surface area contributed by atoms with Crippen LogP contribution in [0.5, 0.6) is 0 Å². The molecule has 0 aliphatic carbocycles. The second-order valence-electron chi connectivity index (χ2n) is 8.89. The summed E-state index contributed by atoms with van der Waals surface area (Å²) >= 11 is 0. The minimum absolute atomic E-state index is 0.313. The van der Waals surface area contributed by atoms with Crippen LogP contribution < -0.4 is 0 Å². The molecule has 31 heavy (non-hydrogen) atoms. The summed E-state index contributed by atoms with van der Waals surface area (Å²) in [7, 11) is 0. The molecule has 3 rings (SSSR count). The quantitative estimate of drug-likeness (QED) is 0.386. The molecule has 162 valence electrons. The van der Waals surface area contributed by atoms with E-state index < -0.39 is 5.97 Å². The zero-order valence-electron chi connectivity index (χ0n) is 19.2. The second-order valence-corrected chi connectivity index (χ2v) is 8.89. The number of hydrogen-bond donors (Lipinski definition) is 1. The van der Waals surface area contributed by atoms with Crippen molar-refractivity contribution in [1.29, 1.82) is 0 Å². The monoisotopic (exact) mass is 414 g/mol. The SMILES string of the molecule is CCC(C)Cc1ccc(-c2cc(CC(C)CC)ccc2-c2ccc(C(=O)O)cc2)cc1. The normalized spacial score (nSPS) is 13.0. The zero-order valence-corrected chi connectivity index (χ0v) is 19.2. The van der Waals surface area contributed by atoms with Crippen molar-refractivity contribution in [3.63, 3.8) is 0 Å². The van der Waals surface area contributed by atoms with Crippen molar-refractivity contribution < 1.29 is 9.90 Å². The molecule has 3 aromatic rings. The van der Waals surface area contributed by atoms with Crippen molar-refractivity contribution in [3.05, 3.63) is 83.4 Å². The third-order valence-corrected chi connectivity index (χ3v) is 6.35. The fourth-order valence-electron chi connectivity index (χ4n) is 3.92. The van der Waals surface area contributed by atoms with E-state index in [0.717, 1.165) is 30.4 Å². The lowest BCUT2D eigenvalue weighted by Crippen LogP contribution is -1.99. The van der Waals surface area contributed by atoms with Gasteiger partial charge >= 0.3 is 5.97 Å². The molecule has 0 saturated heterocycles. The summed E-state index contributed by atoms with van der Waals surface area (Å²) in [4.78, 5) is 11.2. The Morgan fingerprint density at radius 2 is 1.19 bits per heavy atom. The van der Waals surface area contributed by atoms with Crippen LogP contribution in [0.1, 0.15) is 62.0 Å². The van der Waals surface area contributed by atoms with Crippen LogP contribution in [0.4, 0.5) is 0 Å². The summed E-state index contributed by atoms with van der Waals surface area (Å²) in [6.45, 7) is 9.07. The number of rotatable bonds is 9. The van der Waals surface area contributed by atoms with Crippen LogP contribution in [0.15, 0.2) is 66.7 Å². The van der Waals surface area contributed by atoms with Crippen LogP contribution >= 0.6 is 0 Å². The minimum Gasteiger partial charge on any atom is -0.478 e. The first-order valence-corrected chi connectivity index (χ1v) is 11.5. The molecule has 1 N–H and O–H groups in total. The van der Waals surface area contributed by atoms with Gasteiger partial charge in [-0.2, -0.15) is 0 Å². The maximum absolute atomic E-state index is 11.2. The molecule has 2 heteroatoms. The predicted octanol–water partition coefficient (Wildman–Crippen LogP) is 7.90. The van der Waals surface area contributed by atoms with E-state index in [1.54, 1.807) is 12.1 Å². The average molecular weight is 415 g/mol. The van der Waals surface area contributed by atoms with E-state index in [4.69, 9.17) is 0 Å². The smallest absolute Gasteiger partial charge is 0.335 e. The van der Waals surface area contributed by atoms with Crippen LogP contribution in [0.3, 0.4) is 0 Å². The molecule has 0 aliphatic heterocycles. The van der Waals surface area contributed by atoms with E-state index in [1.807, 2.05) is 12.1 Å². The molecule has 3 aromatic carbocycles. The predicted molar refractivity (Wildman–Crippen MR) is 131 cm³/mol. The number of carboxylic acids is 1. The molecular weight excluding hydrogens is 380 g/mol. The number of carboxylic acid groups (broad SMARTS) is 1. The first-order valence-electron chi connectivity index (χ1n) is 11.5. The van der Waals surface area contributed by atoms with Crippen LogP contribution in [0.25, 0.3) is 22.3 Å². The van der Waals surface area contributed by atoms with Gasteiger partial charge in [-0.15, -0.1) is 0 Å². The molecule has 0 aliphatic rings. The Bertz CT molecular complexity index is 1000. The van der Waals surface area contributed by atoms with Crippen molar-refractivity contribution in [2.45, 2.75) is 53.4 Å². The number of benzene rings is 3. The van der Waals surface area contributed by atoms with E-state index in [-0.39, 0.29) is 0 Å². The van der Waals surface area contributed by atoms with Gasteiger partial charge < -0.3 is 5.11 Å². The van der Waals surface area contributed by atoms with Crippen molar-refractivity contribution >= 4 is 5.97 Å². The van der Waals surface area contributed by atoms with Crippen LogP contribution in [0.2, 0.25) is 0 Å². The molecule has 0 spiro atoms. The molecule has 0 fully saturated rings. The lowest BCUT2D eigenvalue weighted by molar-refractivity contribution is 0.0697. The molecule has 0 amide bonds. The summed E-state index contributed by atoms with van der Waals surface area (Å²) in [6, 6.07) is 22.9. The molecule has 0 radical (unpaired) electrons. The Kier molecular flexibility index (Phi) is 7.68. The highest BCUT2D eigenvalue weighted by molar-refractivity contribution is 5.89. The summed E-state index contributed by atoms with van der Waals surface area (Å²) in [5, 5.41) is 9.23. The van der Waals surface area contributed by atoms with E-state index in [2.05, 4.69) is 70.2 Å². The van der Waals surface area contributed by atoms with Gasteiger partial charge in [-0.25, -0.2) is 4.79 Å². The Morgan fingerprint density at radius 3 is 1.74 bits per heavy atom. The molecule has 0 heterocycles. The van der Waals surface area contributed by atoms with Gasteiger partial charge in [0, 0.05) is 0 Å². The van der Waals surface area contributed by atoms with Crippen molar-refractivity contribution in [3.8, 4) is 22.3 Å². The van der Waals surface area contributed by atoms with E-state index in [9.17, 15) is 9.90 Å². The van der Waals surface area contributed by atoms with Gasteiger partial charge in [0.2, 0.25) is 0 Å². The first-order chi connectivity index (χ1) is 14.9. The number of aromatic carboxylic acids is 1. The standard InChI is InChI=1S/C29H34O2/c1-5-20(3)17-22-7-10-25(11-8-22)28-19-23(18-21(4)6-2)9-16-27(28)24-12-14-26(15-13-24)29(30)31/h7-16,19-21H,5-6,17-18H2,1-4H3,(H,30,31). The number of hydrogen-bond acceptors (Lipinski definition) is 1. The lowest BCUT2D eigenvalue weighted by atomic mass is 9.89. The van der Waals surface area contributed by atoms with E-state index >= 15 is 0 Å². The summed E-state index contributed by atoms with van der Waals surface area (Å²) in [5.41, 5.74) is 7.63. The molecule has 0 aromatic heterocycles. The summed E-state index contributed by atoms with van der Waals surface area (Å²) in [5.74, 6) is 0.437. The van der Waals surface area contributed by atoms with Gasteiger partial charge in [-0.3, -0.25) is 0 Å². The van der Waals surface area contributed by atoms with Gasteiger partial charge in [0.1, 0.15) is 0 Å². The molecule has 2 nitrogen and oxygen atoms in total. The number of carbonyl (C=O) groups is 1. The van der Waals surface area contributed by atoms with Crippen molar-refractivity contribution in [2.24, 2.45) is 11.8 Å². The van der Waals surface area contributed by atoms with Crippen molar-refractivity contribution in [1.82, 2.24) is 0 Å². The van der Waals surface area contributed by atoms with Crippen LogP contribution in [-0.2, 0) is 12.8 Å². The maximum atomic E-state index is 11.2. The van der Waals surface area contributed by atoms with Crippen LogP contribution in [-0.4, -0.2) is 11.1 Å². The van der Waals surface area contributed by atoms with E-state index in [1.165, 1.54) is 28.7 Å². The summed E-state index contributed by atoms with van der Waals surface area (Å²) in [6.07, 6.45) is 4.52. The maximum Gasteiger partial charge on any atom is 0.335 e. The van der Waals surface area contributed by atoms with Gasteiger partial charge in [0.25, 0.3) is 0 Å². The molecule has 0 bridgehead atoms. The van der Waals surface area contributed by atoms with E-state index in [0.29, 0.717) is 17.4 Å². The average Bonchev–Trinajstić information content (AvgIpc) is 2.79. The topological polar surface area (TPSA) is 37.3 Å². The highest BCUT2D eigenvalue weighted by Crippen LogP contribution is 2.34. The Hall–Kier alpha value is -2.87. The summed E-state index contributed by atoms with van der Waals surface area (Å²) < 4.78 is 0. The Balaban J connectivity index is 2.02. The van der Waals surface area contributed by atoms with Crippen molar-refractivity contribution in [2.75, 3.05) is 0 Å². The fraction of sp³-hybridized carbons (Fsp3) is 0.345. The molecule has 2 atom stereocenters. The Morgan fingerprint density at radius 1 is 0.710 bits per heavy atom. The van der Waals surface area contributed by atoms with Gasteiger partial charge in [0.05, 0.1) is 5.56 Å². The third-order valence-electron chi connectivity index (χ3n) is 6.35. The van der Waals surface area contributed by atoms with Gasteiger partial charge in [0.15, 0.2) is 0 Å². The zero-order chi connectivity index (χ0) is 22.4. The van der Waals surface area contributed by atoms with Crippen LogP contribution in [0, 0.1) is 11.8 Å². The highest BCUT2D eigenvalue weighted by atomic mass is 16.4. The molecule has 0 saturated carbocycles. The second kappa shape index (κ2) is 10.4. The lowest BCUT2D eigenvalue weighted by Gasteiger charge is -2.16. The highest BCUT2D eigenvalue weighted by Gasteiger charge is 2.12. The molecular formula is C29H34O2. The fourth-order valence-corrected chi connectivity index (χ4v) is 3.92. The first kappa shape index (κ1) is 22.8. The van der Waals surface area contributed by atoms with Gasteiger partial charge in [-0.05, 0) is 70.2 Å². The Labute approximate surface area is 187 Å². The molecule has 2 unspecified atom stereocenters. The van der Waals surface area contributed by atoms with Gasteiger partial charge in [-0.1, -0.05) is 95.1 Å².